The largest absolute Gasteiger partial charge is 0.481 e. The highest BCUT2D eigenvalue weighted by atomic mass is 16.4. The van der Waals surface area contributed by atoms with Crippen molar-refractivity contribution in [1.82, 2.24) is 9.38 Å². The van der Waals surface area contributed by atoms with Crippen LogP contribution in [0.2, 0.25) is 0 Å². The molecule has 2 aromatic rings. The molecule has 2 heterocycles. The number of aromatic nitrogens is 2. The lowest BCUT2D eigenvalue weighted by molar-refractivity contribution is -0.136. The van der Waals surface area contributed by atoms with Crippen LogP contribution in [0.1, 0.15) is 5.56 Å². The molecular formula is C10H9N3O3. The third kappa shape index (κ3) is 1.60. The van der Waals surface area contributed by atoms with E-state index in [-0.39, 0.29) is 17.8 Å². The fourth-order valence-corrected chi connectivity index (χ4v) is 1.46. The number of nitrogens with two attached hydrogens (primary N) is 1. The molecule has 0 unspecified atom stereocenters. The van der Waals surface area contributed by atoms with Crippen molar-refractivity contribution < 1.29 is 9.90 Å². The number of carboxylic acids is 1. The number of rotatable bonds is 2. The lowest BCUT2D eigenvalue weighted by atomic mass is 10.2. The number of aliphatic carboxylic acids is 1. The van der Waals surface area contributed by atoms with E-state index in [0.29, 0.717) is 5.65 Å². The molecule has 6 nitrogen and oxygen atoms in total. The Bertz CT molecular complexity index is 618. The molecule has 16 heavy (non-hydrogen) atoms. The van der Waals surface area contributed by atoms with Gasteiger partial charge in [-0.15, -0.1) is 0 Å². The fraction of sp³-hybridized carbons (Fsp3) is 0.100. The molecule has 0 atom stereocenters. The van der Waals surface area contributed by atoms with Crippen LogP contribution in [0.3, 0.4) is 0 Å². The maximum Gasteiger partial charge on any atom is 0.308 e. The first-order valence-electron chi connectivity index (χ1n) is 4.56. The number of hydrogen-bond donors (Lipinski definition) is 2. The molecule has 0 aliphatic heterocycles. The van der Waals surface area contributed by atoms with Gasteiger partial charge in [0, 0.05) is 11.8 Å². The summed E-state index contributed by atoms with van der Waals surface area (Å²) in [5.74, 6) is -0.837. The number of anilines is 1. The second-order valence-corrected chi connectivity index (χ2v) is 3.30. The zero-order chi connectivity index (χ0) is 11.7. The fourth-order valence-electron chi connectivity index (χ4n) is 1.46. The molecule has 0 aliphatic carbocycles. The first kappa shape index (κ1) is 10.2. The van der Waals surface area contributed by atoms with Crippen molar-refractivity contribution in [2.45, 2.75) is 6.42 Å². The van der Waals surface area contributed by atoms with Gasteiger partial charge in [0.25, 0.3) is 5.56 Å². The Kier molecular flexibility index (Phi) is 2.32. The van der Waals surface area contributed by atoms with Gasteiger partial charge in [-0.25, -0.2) is 9.38 Å². The summed E-state index contributed by atoms with van der Waals surface area (Å²) in [5.41, 5.74) is 5.71. The second-order valence-electron chi connectivity index (χ2n) is 3.30. The Hall–Kier alpha value is -2.37. The molecule has 0 spiro atoms. The van der Waals surface area contributed by atoms with Crippen molar-refractivity contribution in [3.63, 3.8) is 0 Å². The molecule has 0 radical (unpaired) electrons. The van der Waals surface area contributed by atoms with Gasteiger partial charge in [-0.1, -0.05) is 6.07 Å². The average Bonchev–Trinajstić information content (AvgIpc) is 2.22. The third-order valence-corrected chi connectivity index (χ3v) is 2.17. The van der Waals surface area contributed by atoms with Crippen LogP contribution >= 0.6 is 0 Å². The molecule has 0 aliphatic rings. The van der Waals surface area contributed by atoms with Gasteiger partial charge >= 0.3 is 5.97 Å². The highest BCUT2D eigenvalue weighted by Gasteiger charge is 2.09. The minimum absolute atomic E-state index is 0.114. The second kappa shape index (κ2) is 3.65. The van der Waals surface area contributed by atoms with Crippen LogP contribution in [0.15, 0.2) is 29.2 Å². The Labute approximate surface area is 90.0 Å². The summed E-state index contributed by atoms with van der Waals surface area (Å²) in [6, 6.07) is 4.86. The number of hydrogen-bond acceptors (Lipinski definition) is 4. The van der Waals surface area contributed by atoms with Crippen molar-refractivity contribution in [3.05, 3.63) is 40.3 Å². The zero-order valence-electron chi connectivity index (χ0n) is 8.25. The van der Waals surface area contributed by atoms with E-state index in [0.717, 1.165) is 0 Å². The quantitative estimate of drug-likeness (QED) is 0.735. The van der Waals surface area contributed by atoms with E-state index in [2.05, 4.69) is 4.98 Å². The summed E-state index contributed by atoms with van der Waals surface area (Å²) in [6.07, 6.45) is 0.911. The summed E-state index contributed by atoms with van der Waals surface area (Å²) < 4.78 is 1.19. The molecule has 0 aromatic carbocycles. The van der Waals surface area contributed by atoms with Gasteiger partial charge < -0.3 is 10.8 Å². The molecule has 0 fully saturated rings. The van der Waals surface area contributed by atoms with Crippen LogP contribution in [0.4, 0.5) is 5.82 Å². The van der Waals surface area contributed by atoms with E-state index in [1.54, 1.807) is 18.2 Å². The van der Waals surface area contributed by atoms with Crippen LogP contribution in [-0.2, 0) is 11.2 Å². The van der Waals surface area contributed by atoms with E-state index in [4.69, 9.17) is 10.8 Å². The molecule has 82 valence electrons. The van der Waals surface area contributed by atoms with Crippen LogP contribution in [0.5, 0.6) is 0 Å². The van der Waals surface area contributed by atoms with Crippen molar-refractivity contribution in [1.29, 1.82) is 0 Å². The average molecular weight is 219 g/mol. The molecule has 3 N–H and O–H groups in total. The molecular weight excluding hydrogens is 210 g/mol. The number of nitrogens with zero attached hydrogens (tertiary/aromatic N) is 2. The Morgan fingerprint density at radius 3 is 2.94 bits per heavy atom. The summed E-state index contributed by atoms with van der Waals surface area (Å²) >= 11 is 0. The maximum atomic E-state index is 11.9. The number of fused-ring (bicyclic) bond motifs is 1. The number of carboxylic acid groups (broad SMARTS) is 1. The number of pyridine rings is 1. The van der Waals surface area contributed by atoms with Gasteiger partial charge in [-0.2, -0.15) is 0 Å². The molecule has 2 rings (SSSR count). The van der Waals surface area contributed by atoms with Gasteiger partial charge in [-0.05, 0) is 12.1 Å². The van der Waals surface area contributed by atoms with Crippen molar-refractivity contribution in [3.8, 4) is 0 Å². The van der Waals surface area contributed by atoms with Crippen LogP contribution in [-0.4, -0.2) is 20.5 Å². The zero-order valence-corrected chi connectivity index (χ0v) is 8.25. The Morgan fingerprint density at radius 1 is 1.50 bits per heavy atom. The first-order chi connectivity index (χ1) is 7.59. The van der Waals surface area contributed by atoms with Crippen LogP contribution < -0.4 is 11.3 Å². The molecule has 0 bridgehead atoms. The van der Waals surface area contributed by atoms with Gasteiger partial charge in [0.15, 0.2) is 0 Å². The van der Waals surface area contributed by atoms with Crippen LogP contribution in [0, 0.1) is 0 Å². The first-order valence-corrected chi connectivity index (χ1v) is 4.56. The van der Waals surface area contributed by atoms with Crippen molar-refractivity contribution in [2.75, 3.05) is 5.73 Å². The van der Waals surface area contributed by atoms with Crippen LogP contribution in [0.25, 0.3) is 5.65 Å². The lowest BCUT2D eigenvalue weighted by Crippen LogP contribution is -2.23. The highest BCUT2D eigenvalue weighted by Crippen LogP contribution is 2.04. The monoisotopic (exact) mass is 219 g/mol. The smallest absolute Gasteiger partial charge is 0.308 e. The molecule has 0 saturated heterocycles. The van der Waals surface area contributed by atoms with Crippen molar-refractivity contribution in [2.24, 2.45) is 0 Å². The molecule has 0 saturated carbocycles. The topological polar surface area (TPSA) is 97.7 Å². The summed E-state index contributed by atoms with van der Waals surface area (Å²) in [7, 11) is 0. The normalized spacial score (nSPS) is 10.5. The van der Waals surface area contributed by atoms with Gasteiger partial charge in [0.2, 0.25) is 0 Å². The Morgan fingerprint density at radius 2 is 2.25 bits per heavy atom. The van der Waals surface area contributed by atoms with E-state index in [9.17, 15) is 9.59 Å². The summed E-state index contributed by atoms with van der Waals surface area (Å²) in [6.45, 7) is 0. The standard InChI is InChI=1S/C10H9N3O3/c11-7-2-1-3-8-12-5-6(4-9(14)15)10(16)13(7)8/h1-3,5H,4,11H2,(H,14,15). The number of carbonyl (C=O) groups is 1. The predicted molar refractivity (Wildman–Crippen MR) is 57.2 cm³/mol. The number of nitrogen functional groups attached to an aromatic ring is 1. The minimum Gasteiger partial charge on any atom is -0.481 e. The van der Waals surface area contributed by atoms with E-state index >= 15 is 0 Å². The van der Waals surface area contributed by atoms with Crippen molar-refractivity contribution >= 4 is 17.4 Å². The lowest BCUT2D eigenvalue weighted by Gasteiger charge is -2.04. The SMILES string of the molecule is Nc1cccc2ncc(CC(=O)O)c(=O)n12. The van der Waals surface area contributed by atoms with Gasteiger partial charge in [-0.3, -0.25) is 9.59 Å². The van der Waals surface area contributed by atoms with Gasteiger partial charge in [0.1, 0.15) is 11.5 Å². The van der Waals surface area contributed by atoms with E-state index in [1.807, 2.05) is 0 Å². The summed E-state index contributed by atoms with van der Waals surface area (Å²) in [4.78, 5) is 26.4. The molecule has 0 amide bonds. The molecule has 6 heteroatoms. The highest BCUT2D eigenvalue weighted by molar-refractivity contribution is 5.70. The third-order valence-electron chi connectivity index (χ3n) is 2.17. The maximum absolute atomic E-state index is 11.9. The Balaban J connectivity index is 2.73. The minimum atomic E-state index is -1.08. The predicted octanol–water partition coefficient (Wildman–Crippen LogP) is -0.0962. The van der Waals surface area contributed by atoms with E-state index in [1.165, 1.54) is 10.6 Å². The summed E-state index contributed by atoms with van der Waals surface area (Å²) in [5, 5.41) is 8.63. The van der Waals surface area contributed by atoms with E-state index < -0.39 is 11.5 Å². The molecule has 2 aromatic heterocycles. The van der Waals surface area contributed by atoms with Gasteiger partial charge in [0.05, 0.1) is 6.42 Å².